The molecular formula is C51H32N8O3. The molecule has 0 radical (unpaired) electrons. The number of fused-ring (bicyclic) bond motifs is 1. The van der Waals surface area contributed by atoms with Crippen LogP contribution in [0, 0.1) is 0 Å². The van der Waals surface area contributed by atoms with Crippen LogP contribution in [0.4, 0.5) is 17.1 Å². The molecular weight excluding hydrogens is 773 g/mol. The van der Waals surface area contributed by atoms with Gasteiger partial charge in [-0.25, -0.2) is 4.98 Å². The first-order valence-electron chi connectivity index (χ1n) is 19.9. The fourth-order valence-corrected chi connectivity index (χ4v) is 7.34. The molecule has 11 nitrogen and oxygen atoms in total. The van der Waals surface area contributed by atoms with Gasteiger partial charge >= 0.3 is 0 Å². The number of nitrogens with zero attached hydrogens (tertiary/aromatic N) is 8. The maximum Gasteiger partial charge on any atom is 0.248 e. The molecule has 0 fully saturated rings. The summed E-state index contributed by atoms with van der Waals surface area (Å²) in [6.45, 7) is 0. The van der Waals surface area contributed by atoms with Gasteiger partial charge < -0.3 is 18.2 Å². The number of para-hydroxylation sites is 3. The molecule has 0 aliphatic rings. The number of hydrogen-bond acceptors (Lipinski definition) is 11. The van der Waals surface area contributed by atoms with Crippen molar-refractivity contribution in [3.8, 4) is 80.0 Å². The quantitative estimate of drug-likeness (QED) is 0.131. The van der Waals surface area contributed by atoms with E-state index in [0.29, 0.717) is 35.3 Å². The molecule has 0 unspecified atom stereocenters. The zero-order chi connectivity index (χ0) is 41.2. The molecule has 0 atom stereocenters. The molecule has 0 aliphatic heterocycles. The molecule has 4 aromatic heterocycles. The van der Waals surface area contributed by atoms with Crippen LogP contribution in [0.15, 0.2) is 207 Å². The number of anilines is 3. The second-order valence-corrected chi connectivity index (χ2v) is 14.4. The van der Waals surface area contributed by atoms with Crippen LogP contribution in [-0.2, 0) is 0 Å². The Hall–Kier alpha value is -8.83. The summed E-state index contributed by atoms with van der Waals surface area (Å²) in [6, 6.07) is 63.7. The minimum absolute atomic E-state index is 0.377. The molecule has 62 heavy (non-hydrogen) atoms. The summed E-state index contributed by atoms with van der Waals surface area (Å²) < 4.78 is 18.5. The molecule has 11 aromatic rings. The topological polar surface area (TPSA) is 133 Å². The van der Waals surface area contributed by atoms with E-state index in [0.717, 1.165) is 72.6 Å². The zero-order valence-electron chi connectivity index (χ0n) is 32.8. The van der Waals surface area contributed by atoms with E-state index in [1.807, 2.05) is 158 Å². The van der Waals surface area contributed by atoms with Crippen LogP contribution in [0.2, 0.25) is 0 Å². The second kappa shape index (κ2) is 15.7. The third kappa shape index (κ3) is 7.05. The summed E-state index contributed by atoms with van der Waals surface area (Å²) in [6.07, 6.45) is 0. The van der Waals surface area contributed by atoms with E-state index in [-0.39, 0.29) is 0 Å². The zero-order valence-corrected chi connectivity index (χ0v) is 32.8. The summed E-state index contributed by atoms with van der Waals surface area (Å²) in [5.74, 6) is 2.38. The molecule has 4 heterocycles. The average Bonchev–Trinajstić information content (AvgIpc) is 4.16. The molecule has 0 bridgehead atoms. The highest BCUT2D eigenvalue weighted by Crippen LogP contribution is 2.37. The van der Waals surface area contributed by atoms with Crippen LogP contribution < -0.4 is 4.90 Å². The number of rotatable bonds is 10. The summed E-state index contributed by atoms with van der Waals surface area (Å²) in [5.41, 5.74) is 10.4. The Morgan fingerprint density at radius 2 is 0.661 bits per heavy atom. The van der Waals surface area contributed by atoms with Crippen LogP contribution in [0.25, 0.3) is 90.9 Å². The number of benzene rings is 7. The van der Waals surface area contributed by atoms with Gasteiger partial charge in [0.05, 0.1) is 16.8 Å². The van der Waals surface area contributed by atoms with E-state index in [2.05, 4.69) is 71.9 Å². The molecule has 0 amide bonds. The lowest BCUT2D eigenvalue weighted by Crippen LogP contribution is -2.09. The molecule has 0 aliphatic carbocycles. The van der Waals surface area contributed by atoms with Gasteiger partial charge in [-0.05, 0) is 109 Å². The van der Waals surface area contributed by atoms with Crippen molar-refractivity contribution in [2.24, 2.45) is 0 Å². The van der Waals surface area contributed by atoms with Gasteiger partial charge in [0.1, 0.15) is 0 Å². The lowest BCUT2D eigenvalue weighted by molar-refractivity contribution is 0.582. The van der Waals surface area contributed by atoms with E-state index in [1.165, 1.54) is 0 Å². The fourth-order valence-electron chi connectivity index (χ4n) is 7.34. The van der Waals surface area contributed by atoms with Crippen molar-refractivity contribution in [1.82, 2.24) is 35.6 Å². The van der Waals surface area contributed by atoms with Gasteiger partial charge in [0.2, 0.25) is 35.3 Å². The van der Waals surface area contributed by atoms with E-state index in [9.17, 15) is 0 Å². The van der Waals surface area contributed by atoms with Gasteiger partial charge in [-0.1, -0.05) is 84.9 Å². The molecule has 7 aromatic carbocycles. The maximum absolute atomic E-state index is 6.25. The van der Waals surface area contributed by atoms with Crippen molar-refractivity contribution in [1.29, 1.82) is 0 Å². The van der Waals surface area contributed by atoms with Crippen molar-refractivity contribution in [3.63, 3.8) is 0 Å². The van der Waals surface area contributed by atoms with Crippen LogP contribution in [-0.4, -0.2) is 35.6 Å². The molecule has 294 valence electrons. The summed E-state index contributed by atoms with van der Waals surface area (Å²) in [4.78, 5) is 7.08. The smallest absolute Gasteiger partial charge is 0.248 e. The molecule has 0 saturated carbocycles. The summed E-state index contributed by atoms with van der Waals surface area (Å²) in [5, 5.41) is 27.1. The Bertz CT molecular complexity index is 3240. The monoisotopic (exact) mass is 804 g/mol. The normalized spacial score (nSPS) is 11.2. The summed E-state index contributed by atoms with van der Waals surface area (Å²) >= 11 is 0. The van der Waals surface area contributed by atoms with Crippen molar-refractivity contribution in [3.05, 3.63) is 194 Å². The summed E-state index contributed by atoms with van der Waals surface area (Å²) in [7, 11) is 0. The Morgan fingerprint density at radius 1 is 0.306 bits per heavy atom. The first kappa shape index (κ1) is 36.3. The first-order chi connectivity index (χ1) is 30.7. The first-order valence-corrected chi connectivity index (χ1v) is 19.9. The van der Waals surface area contributed by atoms with Crippen molar-refractivity contribution in [2.75, 3.05) is 4.90 Å². The van der Waals surface area contributed by atoms with Crippen molar-refractivity contribution < 1.29 is 13.3 Å². The van der Waals surface area contributed by atoms with Gasteiger partial charge in [0.25, 0.3) is 0 Å². The SMILES string of the molecule is c1ccc(-c2cc(-c3nnc(-c4ccc(-c5nnc(-c6ccc(-c7nnc(-c8ccc(N(c9ccccc9)c9ccccc9)cc8)o7)cc6)o5)cc4)o3)c3ccccc3n2)cc1. The Balaban J connectivity index is 0.780. The standard InChI is InChI=1S/C51H32N8O3/c1-4-12-33(13-5-1)45-32-43(42-18-10-11-19-44(42)52-45)51-58-57-50(62-51)37-26-24-36(25-27-37)47-54-53-46(60-47)34-20-22-35(23-21-34)48-55-56-49(61-48)38-28-30-41(31-29-38)59(39-14-6-2-7-15-39)40-16-8-3-9-17-40/h1-32H. The third-order valence-electron chi connectivity index (χ3n) is 10.4. The largest absolute Gasteiger partial charge is 0.416 e. The molecule has 0 spiro atoms. The van der Waals surface area contributed by atoms with Crippen molar-refractivity contribution >= 4 is 28.0 Å². The maximum atomic E-state index is 6.25. The van der Waals surface area contributed by atoms with Crippen molar-refractivity contribution in [2.45, 2.75) is 0 Å². The van der Waals surface area contributed by atoms with Gasteiger partial charge in [-0.2, -0.15) is 0 Å². The molecule has 11 heteroatoms. The fraction of sp³-hybridized carbons (Fsp3) is 0. The van der Waals surface area contributed by atoms with E-state index in [4.69, 9.17) is 18.2 Å². The predicted molar refractivity (Wildman–Crippen MR) is 238 cm³/mol. The minimum Gasteiger partial charge on any atom is -0.416 e. The number of aromatic nitrogens is 7. The lowest BCUT2D eigenvalue weighted by atomic mass is 10.0. The lowest BCUT2D eigenvalue weighted by Gasteiger charge is -2.25. The number of pyridine rings is 1. The van der Waals surface area contributed by atoms with E-state index >= 15 is 0 Å². The van der Waals surface area contributed by atoms with Crippen LogP contribution in [0.5, 0.6) is 0 Å². The highest BCUT2D eigenvalue weighted by molar-refractivity contribution is 5.94. The van der Waals surface area contributed by atoms with Gasteiger partial charge in [0, 0.05) is 55.8 Å². The Labute approximate surface area is 354 Å². The van der Waals surface area contributed by atoms with Crippen LogP contribution in [0.3, 0.4) is 0 Å². The number of hydrogen-bond donors (Lipinski definition) is 0. The molecule has 0 N–H and O–H groups in total. The van der Waals surface area contributed by atoms with E-state index in [1.54, 1.807) is 0 Å². The third-order valence-corrected chi connectivity index (χ3v) is 10.4. The second-order valence-electron chi connectivity index (χ2n) is 14.4. The average molecular weight is 805 g/mol. The highest BCUT2D eigenvalue weighted by atomic mass is 16.4. The Morgan fingerprint density at radius 3 is 1.13 bits per heavy atom. The van der Waals surface area contributed by atoms with E-state index < -0.39 is 0 Å². The van der Waals surface area contributed by atoms with Gasteiger partial charge in [-0.3, -0.25) is 0 Å². The van der Waals surface area contributed by atoms with Gasteiger partial charge in [-0.15, -0.1) is 30.6 Å². The van der Waals surface area contributed by atoms with Crippen LogP contribution >= 0.6 is 0 Å². The van der Waals surface area contributed by atoms with Crippen LogP contribution in [0.1, 0.15) is 0 Å². The molecule has 11 rings (SSSR count). The van der Waals surface area contributed by atoms with Gasteiger partial charge in [0.15, 0.2) is 0 Å². The molecule has 0 saturated heterocycles. The highest BCUT2D eigenvalue weighted by Gasteiger charge is 2.19. The Kier molecular flexibility index (Phi) is 9.20. The predicted octanol–water partition coefficient (Wildman–Crippen LogP) is 12.5. The minimum atomic E-state index is 0.377.